The van der Waals surface area contributed by atoms with E-state index < -0.39 is 0 Å². The van der Waals surface area contributed by atoms with Gasteiger partial charge in [-0.05, 0) is 23.8 Å². The Morgan fingerprint density at radius 3 is 2.63 bits per heavy atom. The zero-order valence-corrected chi connectivity index (χ0v) is 11.8. The molecule has 3 heteroatoms. The molecule has 19 heavy (non-hydrogen) atoms. The molecular weight excluding hydrogens is 236 g/mol. The number of nitrogens with two attached hydrogens (primary N) is 1. The standard InChI is InChI=1S/C16H22N2O/c1-4-19-16(11(2)3)15(17)14-10-18-9-12-7-5-6-8-13(12)14/h5-11,15-16H,4,17H2,1-3H3. The molecule has 0 saturated heterocycles. The summed E-state index contributed by atoms with van der Waals surface area (Å²) in [6, 6.07) is 8.04. The topological polar surface area (TPSA) is 48.1 Å². The average molecular weight is 258 g/mol. The van der Waals surface area contributed by atoms with Crippen LogP contribution in [0.3, 0.4) is 0 Å². The lowest BCUT2D eigenvalue weighted by Crippen LogP contribution is -2.33. The maximum Gasteiger partial charge on any atom is 0.0791 e. The summed E-state index contributed by atoms with van der Waals surface area (Å²) in [5, 5.41) is 2.28. The minimum absolute atomic E-state index is 0.0117. The number of pyridine rings is 1. The van der Waals surface area contributed by atoms with E-state index >= 15 is 0 Å². The van der Waals surface area contributed by atoms with Gasteiger partial charge in [0.15, 0.2) is 0 Å². The first-order chi connectivity index (χ1) is 9.15. The maximum atomic E-state index is 6.43. The van der Waals surface area contributed by atoms with E-state index in [2.05, 4.69) is 31.0 Å². The first kappa shape index (κ1) is 14.0. The molecule has 0 amide bonds. The average Bonchev–Trinajstić information content (AvgIpc) is 2.43. The summed E-state index contributed by atoms with van der Waals surface area (Å²) in [5.41, 5.74) is 7.49. The van der Waals surface area contributed by atoms with Crippen LogP contribution >= 0.6 is 0 Å². The number of hydrogen-bond acceptors (Lipinski definition) is 3. The molecule has 0 spiro atoms. The van der Waals surface area contributed by atoms with Crippen molar-refractivity contribution in [2.75, 3.05) is 6.61 Å². The van der Waals surface area contributed by atoms with Gasteiger partial charge in [-0.15, -0.1) is 0 Å². The molecule has 0 aliphatic carbocycles. The lowest BCUT2D eigenvalue weighted by Gasteiger charge is -2.28. The maximum absolute atomic E-state index is 6.43. The lowest BCUT2D eigenvalue weighted by atomic mass is 9.92. The molecule has 2 rings (SSSR count). The van der Waals surface area contributed by atoms with Gasteiger partial charge in [0, 0.05) is 24.4 Å². The van der Waals surface area contributed by atoms with E-state index in [9.17, 15) is 0 Å². The van der Waals surface area contributed by atoms with Crippen molar-refractivity contribution in [3.63, 3.8) is 0 Å². The molecule has 0 radical (unpaired) electrons. The van der Waals surface area contributed by atoms with Crippen LogP contribution in [0.2, 0.25) is 0 Å². The SMILES string of the molecule is CCOC(C(C)C)C(N)c1cncc2ccccc12. The van der Waals surface area contributed by atoms with Crippen molar-refractivity contribution in [3.05, 3.63) is 42.2 Å². The monoisotopic (exact) mass is 258 g/mol. The number of rotatable bonds is 5. The molecule has 3 nitrogen and oxygen atoms in total. The molecule has 1 aromatic carbocycles. The second-order valence-corrected chi connectivity index (χ2v) is 5.14. The molecular formula is C16H22N2O. The number of benzene rings is 1. The molecule has 0 fully saturated rings. The normalized spacial score (nSPS) is 14.8. The molecule has 2 aromatic rings. The molecule has 1 aromatic heterocycles. The minimum atomic E-state index is -0.154. The summed E-state index contributed by atoms with van der Waals surface area (Å²) in [6.07, 6.45) is 3.75. The van der Waals surface area contributed by atoms with E-state index in [4.69, 9.17) is 10.5 Å². The third-order valence-electron chi connectivity index (χ3n) is 3.43. The van der Waals surface area contributed by atoms with Crippen molar-refractivity contribution in [2.45, 2.75) is 32.9 Å². The molecule has 0 aliphatic heterocycles. The Morgan fingerprint density at radius 2 is 1.95 bits per heavy atom. The third-order valence-corrected chi connectivity index (χ3v) is 3.43. The summed E-state index contributed by atoms with van der Waals surface area (Å²) in [4.78, 5) is 4.30. The molecule has 2 N–H and O–H groups in total. The number of aromatic nitrogens is 1. The number of hydrogen-bond donors (Lipinski definition) is 1. The predicted octanol–water partition coefficient (Wildman–Crippen LogP) is 3.30. The third kappa shape index (κ3) is 2.94. The number of ether oxygens (including phenoxy) is 1. The van der Waals surface area contributed by atoms with E-state index in [1.54, 1.807) is 0 Å². The highest BCUT2D eigenvalue weighted by molar-refractivity contribution is 5.85. The van der Waals surface area contributed by atoms with Crippen LogP contribution in [0.1, 0.15) is 32.4 Å². The lowest BCUT2D eigenvalue weighted by molar-refractivity contribution is 0.0124. The molecule has 0 aliphatic rings. The molecule has 2 unspecified atom stereocenters. The summed E-state index contributed by atoms with van der Waals surface area (Å²) in [5.74, 6) is 0.369. The Balaban J connectivity index is 2.42. The Hall–Kier alpha value is -1.45. The zero-order valence-electron chi connectivity index (χ0n) is 11.8. The van der Waals surface area contributed by atoms with Gasteiger partial charge in [0.05, 0.1) is 12.1 Å². The van der Waals surface area contributed by atoms with Gasteiger partial charge in [-0.25, -0.2) is 0 Å². The fourth-order valence-electron chi connectivity index (χ4n) is 2.49. The van der Waals surface area contributed by atoms with E-state index in [0.29, 0.717) is 12.5 Å². The van der Waals surface area contributed by atoms with E-state index in [1.807, 2.05) is 31.5 Å². The van der Waals surface area contributed by atoms with Gasteiger partial charge in [0.25, 0.3) is 0 Å². The quantitative estimate of drug-likeness (QED) is 0.895. The second kappa shape index (κ2) is 6.13. The molecule has 0 bridgehead atoms. The Morgan fingerprint density at radius 1 is 1.21 bits per heavy atom. The van der Waals surface area contributed by atoms with Crippen LogP contribution in [0.25, 0.3) is 10.8 Å². The first-order valence-corrected chi connectivity index (χ1v) is 6.85. The van der Waals surface area contributed by atoms with E-state index in [1.165, 1.54) is 0 Å². The van der Waals surface area contributed by atoms with Gasteiger partial charge in [-0.2, -0.15) is 0 Å². The van der Waals surface area contributed by atoms with Gasteiger partial charge >= 0.3 is 0 Å². The largest absolute Gasteiger partial charge is 0.376 e. The van der Waals surface area contributed by atoms with Crippen LogP contribution in [0, 0.1) is 5.92 Å². The van der Waals surface area contributed by atoms with Gasteiger partial charge in [-0.1, -0.05) is 38.1 Å². The van der Waals surface area contributed by atoms with Crippen LogP contribution in [0.5, 0.6) is 0 Å². The van der Waals surface area contributed by atoms with Crippen molar-refractivity contribution < 1.29 is 4.74 Å². The van der Waals surface area contributed by atoms with Crippen LogP contribution in [0.4, 0.5) is 0 Å². The highest BCUT2D eigenvalue weighted by Crippen LogP contribution is 2.27. The highest BCUT2D eigenvalue weighted by atomic mass is 16.5. The fourth-order valence-corrected chi connectivity index (χ4v) is 2.49. The van der Waals surface area contributed by atoms with Gasteiger partial charge in [-0.3, -0.25) is 4.98 Å². The van der Waals surface area contributed by atoms with Gasteiger partial charge in [0.1, 0.15) is 0 Å². The number of nitrogens with zero attached hydrogens (tertiary/aromatic N) is 1. The second-order valence-electron chi connectivity index (χ2n) is 5.14. The van der Waals surface area contributed by atoms with Crippen molar-refractivity contribution in [1.29, 1.82) is 0 Å². The van der Waals surface area contributed by atoms with Crippen LogP contribution in [-0.2, 0) is 4.74 Å². The molecule has 2 atom stereocenters. The van der Waals surface area contributed by atoms with Crippen molar-refractivity contribution in [2.24, 2.45) is 11.7 Å². The zero-order chi connectivity index (χ0) is 13.8. The summed E-state index contributed by atoms with van der Waals surface area (Å²) in [7, 11) is 0. The van der Waals surface area contributed by atoms with Crippen LogP contribution < -0.4 is 5.73 Å². The predicted molar refractivity (Wildman–Crippen MR) is 78.9 cm³/mol. The Bertz CT molecular complexity index is 534. The Labute approximate surface area is 114 Å². The fraction of sp³-hybridized carbons (Fsp3) is 0.438. The first-order valence-electron chi connectivity index (χ1n) is 6.85. The van der Waals surface area contributed by atoms with E-state index in [0.717, 1.165) is 16.3 Å². The van der Waals surface area contributed by atoms with Gasteiger partial charge in [0.2, 0.25) is 0 Å². The summed E-state index contributed by atoms with van der Waals surface area (Å²) >= 11 is 0. The summed E-state index contributed by atoms with van der Waals surface area (Å²) < 4.78 is 5.82. The Kier molecular flexibility index (Phi) is 4.51. The van der Waals surface area contributed by atoms with Crippen LogP contribution in [0.15, 0.2) is 36.7 Å². The van der Waals surface area contributed by atoms with Gasteiger partial charge < -0.3 is 10.5 Å². The summed E-state index contributed by atoms with van der Waals surface area (Å²) in [6.45, 7) is 6.95. The minimum Gasteiger partial charge on any atom is -0.376 e. The van der Waals surface area contributed by atoms with E-state index in [-0.39, 0.29) is 12.1 Å². The number of fused-ring (bicyclic) bond motifs is 1. The molecule has 1 heterocycles. The molecule has 0 saturated carbocycles. The van der Waals surface area contributed by atoms with Crippen LogP contribution in [-0.4, -0.2) is 17.7 Å². The van der Waals surface area contributed by atoms with Crippen molar-refractivity contribution in [3.8, 4) is 0 Å². The van der Waals surface area contributed by atoms with Crippen molar-refractivity contribution >= 4 is 10.8 Å². The molecule has 102 valence electrons. The smallest absolute Gasteiger partial charge is 0.0791 e. The highest BCUT2D eigenvalue weighted by Gasteiger charge is 2.24. The van der Waals surface area contributed by atoms with Crippen molar-refractivity contribution in [1.82, 2.24) is 4.98 Å².